The maximum absolute atomic E-state index is 15.0. The maximum Gasteiger partial charge on any atom is 0.326 e. The van der Waals surface area contributed by atoms with Gasteiger partial charge in [0.05, 0.1) is 25.1 Å². The summed E-state index contributed by atoms with van der Waals surface area (Å²) in [5.41, 5.74) is 28.7. The fraction of sp³-hybridized carbons (Fsp3) is 0.621. The van der Waals surface area contributed by atoms with E-state index in [9.17, 15) is 127 Å². The molecule has 0 aliphatic rings. The number of unbranched alkanes of at least 4 members (excludes halogenated alkanes) is 1. The Morgan fingerprint density at radius 1 is 0.368 bits per heavy atom. The van der Waals surface area contributed by atoms with Gasteiger partial charge in [0.1, 0.15) is 96.1 Å². The highest BCUT2D eigenvalue weighted by molar-refractivity contribution is 7.98. The number of amides is 17. The van der Waals surface area contributed by atoms with Crippen molar-refractivity contribution in [2.75, 3.05) is 31.6 Å². The number of phenols is 2. The van der Waals surface area contributed by atoms with Crippen LogP contribution in [0, 0.1) is 29.1 Å². The number of carbonyl (C=O) groups is 20. The Hall–Kier alpha value is -13.1. The first-order valence-electron chi connectivity index (χ1n) is 44.8. The van der Waals surface area contributed by atoms with Crippen LogP contribution in [0.15, 0.2) is 48.5 Å². The first kappa shape index (κ1) is 119. The van der Waals surface area contributed by atoms with Gasteiger partial charge in [-0.2, -0.15) is 11.8 Å². The summed E-state index contributed by atoms with van der Waals surface area (Å²) in [5.74, 6) is -24.1. The van der Waals surface area contributed by atoms with E-state index < -0.39 is 285 Å². The lowest BCUT2D eigenvalue weighted by molar-refractivity contribution is -0.142. The minimum atomic E-state index is -2.02. The zero-order valence-corrected chi connectivity index (χ0v) is 79.4. The minimum absolute atomic E-state index is 0.0340. The molecule has 0 saturated heterocycles. The predicted molar refractivity (Wildman–Crippen MR) is 495 cm³/mol. The smallest absolute Gasteiger partial charge is 0.326 e. The van der Waals surface area contributed by atoms with E-state index in [-0.39, 0.29) is 117 Å². The number of hydrogen-bond acceptors (Lipinski definition) is 27. The molecule has 2 rings (SSSR count). The summed E-state index contributed by atoms with van der Waals surface area (Å²) >= 11 is 1.22. The SMILES string of the molecule is CSCC[C@H](NC(=O)[C@H](C)NC(=O)[C@H](CCC(N)=O)NC(=O)[C@H](Cc1ccc(O)cc1)NC(=O)[C@H](Cc1ccc(O)cc1)NC(=O)[C@@H](NC(=O)[C@H](CCC(=O)O)NC(=O)CNC(=O)[C@H](CC(C)C)NC(=O)[C@@H](N)CC(C)C)[C@@H](C)O)C(=O)N[C@@H](CC(C)C)C(=O)N[C@@H](CCC(=O)O)C(=O)N[C@@H](CC(N)=O)C(=O)N[C@@H](CC(C)C)C(=O)N[C@@H](CCCCN)C(=O)N[C@@H](CCCNC(=N)N)C(=O)O. The molecule has 0 saturated carbocycles. The Morgan fingerprint density at radius 3 is 1.14 bits per heavy atom. The van der Waals surface area contributed by atoms with Crippen molar-refractivity contribution in [3.05, 3.63) is 59.7 Å². The highest BCUT2D eigenvalue weighted by Gasteiger charge is 2.40. The van der Waals surface area contributed by atoms with Crippen LogP contribution in [0.5, 0.6) is 11.5 Å². The Balaban J connectivity index is 2.59. The Bertz CT molecular complexity index is 4370. The first-order chi connectivity index (χ1) is 63.7. The number of aliphatic carboxylic acids is 3. The molecule has 760 valence electrons. The van der Waals surface area contributed by atoms with Crippen molar-refractivity contribution in [2.45, 2.75) is 288 Å². The standard InChI is InChI=1S/C87H140N22O26S/c1-43(2)35-53(89)73(121)103-60(36-44(3)4)74(122)95-42-68(115)97-55(26-29-69(116)117)79(127)109-71(48(10)110)85(133)108-64(40-50-19-23-52(112)24-20-50)83(131)106-63(39-49-17-21-51(111)22-18-49)82(130)100-56(25-28-66(90)113)75(123)96-47(9)72(120)98-58(31-34-136-11)78(126)104-61(37-45(5)6)81(129)101-57(27-30-70(118)119)77(125)107-65(41-67(91)114)84(132)105-62(38-46(7)8)80(128)99-54(15-12-13-32-88)76(124)102-59(86(134)135)16-14-33-94-87(92)93/h17-24,43-48,53-65,71,110-112H,12-16,25-42,88-89H2,1-11H3,(H2,90,113)(H2,91,114)(H,95,122)(H,96,123)(H,97,115)(H,98,120)(H,99,128)(H,100,130)(H,101,129)(H,102,124)(H,103,121)(H,104,126)(H,105,132)(H,106,131)(H,107,125)(H,108,133)(H,109,127)(H,116,117)(H,118,119)(H,134,135)(H4,92,93,94)/t47-,48+,53-,54-,55-,56-,57-,58-,59-,60-,61-,62-,63-,64-,65-,71-/m0/s1. The molecule has 0 fully saturated rings. The number of rotatable bonds is 66. The summed E-state index contributed by atoms with van der Waals surface area (Å²) in [5, 5.41) is 107. The van der Waals surface area contributed by atoms with Crippen LogP contribution in [0.4, 0.5) is 0 Å². The number of aliphatic hydroxyl groups excluding tert-OH is 1. The molecule has 0 heterocycles. The van der Waals surface area contributed by atoms with Crippen LogP contribution < -0.4 is 114 Å². The predicted octanol–water partition coefficient (Wildman–Crippen LogP) is -5.20. The van der Waals surface area contributed by atoms with Crippen molar-refractivity contribution in [3.8, 4) is 11.5 Å². The fourth-order valence-corrected chi connectivity index (χ4v) is 14.0. The molecule has 49 heteroatoms. The Morgan fingerprint density at radius 2 is 0.721 bits per heavy atom. The lowest BCUT2D eigenvalue weighted by Crippen LogP contribution is -2.62. The highest BCUT2D eigenvalue weighted by Crippen LogP contribution is 2.19. The molecule has 2 aromatic carbocycles. The fourth-order valence-electron chi connectivity index (χ4n) is 13.6. The molecule has 0 unspecified atom stereocenters. The third kappa shape index (κ3) is 47.7. The summed E-state index contributed by atoms with van der Waals surface area (Å²) < 4.78 is 0. The van der Waals surface area contributed by atoms with E-state index in [2.05, 4.69) is 85.1 Å². The average Bonchev–Trinajstić information content (AvgIpc) is 0.840. The van der Waals surface area contributed by atoms with Gasteiger partial charge in [0, 0.05) is 38.6 Å². The number of hydrogen-bond donors (Lipinski definition) is 28. The lowest BCUT2D eigenvalue weighted by atomic mass is 10.0. The van der Waals surface area contributed by atoms with E-state index in [1.54, 1.807) is 47.8 Å². The maximum atomic E-state index is 15.0. The number of aliphatic hydroxyl groups is 1. The van der Waals surface area contributed by atoms with E-state index in [4.69, 9.17) is 34.1 Å². The molecule has 16 atom stereocenters. The molecular formula is C87H140N22O26S. The van der Waals surface area contributed by atoms with Gasteiger partial charge in [-0.15, -0.1) is 0 Å². The molecule has 17 amide bonds. The summed E-state index contributed by atoms with van der Waals surface area (Å²) in [7, 11) is 0. The average molecular weight is 1940 g/mol. The number of carboxylic acids is 3. The third-order valence-electron chi connectivity index (χ3n) is 20.7. The molecule has 0 bridgehead atoms. The molecule has 33 N–H and O–H groups in total. The normalized spacial score (nSPS) is 14.7. The number of aromatic hydroxyl groups is 2. The molecule has 0 aliphatic heterocycles. The molecule has 0 radical (unpaired) electrons. The number of phenolic OH excluding ortho intramolecular Hbond substituents is 2. The second-order valence-corrected chi connectivity index (χ2v) is 35.7. The Kier molecular flexibility index (Phi) is 54.0. The van der Waals surface area contributed by atoms with Gasteiger partial charge >= 0.3 is 17.9 Å². The largest absolute Gasteiger partial charge is 0.508 e. The van der Waals surface area contributed by atoms with Crippen LogP contribution in [0.25, 0.3) is 0 Å². The van der Waals surface area contributed by atoms with E-state index in [1.807, 2.05) is 13.8 Å². The van der Waals surface area contributed by atoms with Crippen LogP contribution in [-0.2, 0) is 109 Å². The number of carbonyl (C=O) groups excluding carboxylic acids is 17. The molecular weight excluding hydrogens is 1800 g/mol. The summed E-state index contributed by atoms with van der Waals surface area (Å²) in [6, 6.07) is -13.9. The number of nitrogens with one attached hydrogen (secondary N) is 17. The van der Waals surface area contributed by atoms with Crippen molar-refractivity contribution in [1.29, 1.82) is 5.41 Å². The monoisotopic (exact) mass is 1940 g/mol. The molecule has 48 nitrogen and oxygen atoms in total. The lowest BCUT2D eigenvalue weighted by Gasteiger charge is -2.29. The second-order valence-electron chi connectivity index (χ2n) is 34.8. The molecule has 0 aliphatic carbocycles. The number of guanidine groups is 1. The topological polar surface area (TPSA) is 809 Å². The van der Waals surface area contributed by atoms with E-state index in [0.717, 1.165) is 6.92 Å². The van der Waals surface area contributed by atoms with Crippen molar-refractivity contribution in [1.82, 2.24) is 85.1 Å². The van der Waals surface area contributed by atoms with Gasteiger partial charge in [-0.3, -0.25) is 96.5 Å². The van der Waals surface area contributed by atoms with Gasteiger partial charge in [-0.05, 0) is 175 Å². The number of benzene rings is 2. The number of primary amides is 2. The number of carboxylic acid groups (broad SMARTS) is 3. The van der Waals surface area contributed by atoms with Gasteiger partial charge < -0.3 is 144 Å². The van der Waals surface area contributed by atoms with Crippen LogP contribution in [0.1, 0.15) is 190 Å². The third-order valence-corrected chi connectivity index (χ3v) is 21.3. The summed E-state index contributed by atoms with van der Waals surface area (Å²) in [6.45, 7) is 15.6. The molecule has 0 aromatic heterocycles. The zero-order chi connectivity index (χ0) is 103. The van der Waals surface area contributed by atoms with Crippen LogP contribution in [0.3, 0.4) is 0 Å². The van der Waals surface area contributed by atoms with Gasteiger partial charge in [-0.25, -0.2) is 4.79 Å². The van der Waals surface area contributed by atoms with E-state index >= 15 is 0 Å². The van der Waals surface area contributed by atoms with Crippen LogP contribution in [0.2, 0.25) is 0 Å². The quantitative estimate of drug-likeness (QED) is 0.0167. The van der Waals surface area contributed by atoms with E-state index in [0.29, 0.717) is 12.8 Å². The van der Waals surface area contributed by atoms with Crippen LogP contribution >= 0.6 is 11.8 Å². The summed E-state index contributed by atoms with van der Waals surface area (Å²) in [4.78, 5) is 274. The first-order valence-corrected chi connectivity index (χ1v) is 46.2. The van der Waals surface area contributed by atoms with Gasteiger partial charge in [0.2, 0.25) is 100 Å². The van der Waals surface area contributed by atoms with Crippen molar-refractivity contribution in [2.24, 2.45) is 52.3 Å². The van der Waals surface area contributed by atoms with E-state index in [1.165, 1.54) is 67.2 Å². The zero-order valence-electron chi connectivity index (χ0n) is 78.6. The summed E-state index contributed by atoms with van der Waals surface area (Å²) in [6.07, 6.45) is -5.56. The molecule has 2 aromatic rings. The number of nitrogens with two attached hydrogens (primary N) is 5. The van der Waals surface area contributed by atoms with Crippen molar-refractivity contribution in [3.63, 3.8) is 0 Å². The van der Waals surface area contributed by atoms with Gasteiger partial charge in [-0.1, -0.05) is 79.7 Å². The molecule has 0 spiro atoms. The second kappa shape index (κ2) is 61.8. The van der Waals surface area contributed by atoms with Gasteiger partial charge in [0.25, 0.3) is 0 Å². The Labute approximate surface area is 792 Å². The van der Waals surface area contributed by atoms with Crippen molar-refractivity contribution < 1.29 is 127 Å². The number of thioether (sulfide) groups is 1. The van der Waals surface area contributed by atoms with Crippen molar-refractivity contribution >= 4 is 136 Å². The highest BCUT2D eigenvalue weighted by atomic mass is 32.2. The van der Waals surface area contributed by atoms with Gasteiger partial charge in [0.15, 0.2) is 5.96 Å². The molecule has 136 heavy (non-hydrogen) atoms. The minimum Gasteiger partial charge on any atom is -0.508 e. The van der Waals surface area contributed by atoms with Crippen LogP contribution in [-0.4, -0.2) is 283 Å².